The van der Waals surface area contributed by atoms with Crippen LogP contribution in [0.25, 0.3) is 0 Å². The number of halogens is 1. The molecule has 1 aliphatic carbocycles. The van der Waals surface area contributed by atoms with E-state index in [0.717, 1.165) is 31.5 Å². The van der Waals surface area contributed by atoms with E-state index in [2.05, 4.69) is 5.32 Å². The van der Waals surface area contributed by atoms with Gasteiger partial charge in [-0.05, 0) is 25.5 Å². The molecule has 0 spiro atoms. The van der Waals surface area contributed by atoms with Crippen LogP contribution in [0, 0.1) is 15.9 Å². The van der Waals surface area contributed by atoms with E-state index >= 15 is 0 Å². The summed E-state index contributed by atoms with van der Waals surface area (Å²) in [5.41, 5.74) is -0.526. The third-order valence-electron chi connectivity index (χ3n) is 3.01. The van der Waals surface area contributed by atoms with Crippen LogP contribution in [0.15, 0.2) is 18.2 Å². The summed E-state index contributed by atoms with van der Waals surface area (Å²) in [6.45, 7) is 2.96. The van der Waals surface area contributed by atoms with E-state index in [4.69, 9.17) is 4.74 Å². The first kappa shape index (κ1) is 12.8. The Morgan fingerprint density at radius 2 is 2.28 bits per heavy atom. The SMILES string of the molecule is CCNC1CC(Oc2ccc([N+](=O)[O-])c(F)c2)C1. The summed E-state index contributed by atoms with van der Waals surface area (Å²) in [6.07, 6.45) is 1.83. The zero-order chi connectivity index (χ0) is 13.1. The number of hydrogen-bond donors (Lipinski definition) is 1. The van der Waals surface area contributed by atoms with Crippen molar-refractivity contribution in [1.82, 2.24) is 5.32 Å². The first-order valence-corrected chi connectivity index (χ1v) is 5.94. The zero-order valence-electron chi connectivity index (χ0n) is 10.1. The summed E-state index contributed by atoms with van der Waals surface area (Å²) in [5.74, 6) is -0.516. The lowest BCUT2D eigenvalue weighted by Gasteiger charge is -2.35. The summed E-state index contributed by atoms with van der Waals surface area (Å²) >= 11 is 0. The first-order valence-electron chi connectivity index (χ1n) is 5.94. The summed E-state index contributed by atoms with van der Waals surface area (Å²) < 4.78 is 18.9. The number of benzene rings is 1. The summed E-state index contributed by atoms with van der Waals surface area (Å²) in [7, 11) is 0. The molecule has 98 valence electrons. The number of nitrogens with zero attached hydrogens (tertiary/aromatic N) is 1. The molecule has 0 heterocycles. The van der Waals surface area contributed by atoms with Gasteiger partial charge in [-0.25, -0.2) is 0 Å². The highest BCUT2D eigenvalue weighted by Gasteiger charge is 2.30. The van der Waals surface area contributed by atoms with Gasteiger partial charge in [-0.1, -0.05) is 6.92 Å². The van der Waals surface area contributed by atoms with Gasteiger partial charge in [0.15, 0.2) is 0 Å². The van der Waals surface area contributed by atoms with E-state index < -0.39 is 16.4 Å². The number of ether oxygens (including phenoxy) is 1. The molecule has 1 N–H and O–H groups in total. The molecular weight excluding hydrogens is 239 g/mol. The van der Waals surface area contributed by atoms with Crippen molar-refractivity contribution < 1.29 is 14.1 Å². The Morgan fingerprint density at radius 3 is 2.83 bits per heavy atom. The van der Waals surface area contributed by atoms with Gasteiger partial charge < -0.3 is 10.1 Å². The lowest BCUT2D eigenvalue weighted by atomic mass is 9.89. The van der Waals surface area contributed by atoms with Gasteiger partial charge in [-0.15, -0.1) is 0 Å². The van der Waals surface area contributed by atoms with Gasteiger partial charge in [0.1, 0.15) is 11.9 Å². The molecule has 5 nitrogen and oxygen atoms in total. The van der Waals surface area contributed by atoms with Gasteiger partial charge in [0.25, 0.3) is 0 Å². The average Bonchev–Trinajstić information content (AvgIpc) is 2.26. The van der Waals surface area contributed by atoms with Crippen molar-refractivity contribution >= 4 is 5.69 Å². The fourth-order valence-corrected chi connectivity index (χ4v) is 2.02. The smallest absolute Gasteiger partial charge is 0.305 e. The fraction of sp³-hybridized carbons (Fsp3) is 0.500. The number of hydrogen-bond acceptors (Lipinski definition) is 4. The third kappa shape index (κ3) is 2.76. The van der Waals surface area contributed by atoms with Crippen molar-refractivity contribution in [3.63, 3.8) is 0 Å². The molecule has 1 saturated carbocycles. The van der Waals surface area contributed by atoms with Crippen LogP contribution in [0.1, 0.15) is 19.8 Å². The minimum absolute atomic E-state index is 0.0647. The minimum Gasteiger partial charge on any atom is -0.490 e. The van der Waals surface area contributed by atoms with Gasteiger partial charge in [0.05, 0.1) is 4.92 Å². The molecule has 0 radical (unpaired) electrons. The highest BCUT2D eigenvalue weighted by molar-refractivity contribution is 5.38. The average molecular weight is 254 g/mol. The van der Waals surface area contributed by atoms with Gasteiger partial charge in [-0.3, -0.25) is 10.1 Å². The van der Waals surface area contributed by atoms with E-state index in [1.807, 2.05) is 6.92 Å². The molecule has 0 aromatic heterocycles. The van der Waals surface area contributed by atoms with E-state index in [9.17, 15) is 14.5 Å². The monoisotopic (exact) mass is 254 g/mol. The van der Waals surface area contributed by atoms with Crippen LogP contribution >= 0.6 is 0 Å². The van der Waals surface area contributed by atoms with Crippen molar-refractivity contribution in [3.8, 4) is 5.75 Å². The summed E-state index contributed by atoms with van der Waals surface area (Å²) in [6, 6.07) is 4.09. The van der Waals surface area contributed by atoms with Crippen LogP contribution in [0.4, 0.5) is 10.1 Å². The van der Waals surface area contributed by atoms with Gasteiger partial charge in [-0.2, -0.15) is 4.39 Å². The maximum atomic E-state index is 13.3. The fourth-order valence-electron chi connectivity index (χ4n) is 2.02. The molecule has 1 fully saturated rings. The quantitative estimate of drug-likeness (QED) is 0.646. The minimum atomic E-state index is -0.861. The molecule has 0 saturated heterocycles. The topological polar surface area (TPSA) is 64.4 Å². The molecule has 1 aromatic carbocycles. The van der Waals surface area contributed by atoms with Gasteiger partial charge in [0.2, 0.25) is 5.82 Å². The highest BCUT2D eigenvalue weighted by atomic mass is 19.1. The predicted octanol–water partition coefficient (Wildman–Crippen LogP) is 2.25. The number of nitro benzene ring substituents is 1. The molecule has 0 unspecified atom stereocenters. The summed E-state index contributed by atoms with van der Waals surface area (Å²) in [4.78, 5) is 9.71. The molecule has 0 bridgehead atoms. The molecule has 6 heteroatoms. The molecule has 1 aromatic rings. The van der Waals surface area contributed by atoms with E-state index in [-0.39, 0.29) is 6.10 Å². The Kier molecular flexibility index (Phi) is 3.76. The van der Waals surface area contributed by atoms with E-state index in [1.54, 1.807) is 0 Å². The highest BCUT2D eigenvalue weighted by Crippen LogP contribution is 2.28. The largest absolute Gasteiger partial charge is 0.490 e. The molecule has 1 aliphatic rings. The van der Waals surface area contributed by atoms with Crippen molar-refractivity contribution in [1.29, 1.82) is 0 Å². The van der Waals surface area contributed by atoms with Gasteiger partial charge in [0, 0.05) is 18.2 Å². The van der Waals surface area contributed by atoms with Crippen LogP contribution in [0.5, 0.6) is 5.75 Å². The number of nitro groups is 1. The van der Waals surface area contributed by atoms with Crippen LogP contribution in [-0.2, 0) is 0 Å². The second-order valence-electron chi connectivity index (χ2n) is 4.34. The normalized spacial score (nSPS) is 22.3. The maximum Gasteiger partial charge on any atom is 0.305 e. The van der Waals surface area contributed by atoms with E-state index in [1.165, 1.54) is 6.07 Å². The summed E-state index contributed by atoms with van der Waals surface area (Å²) in [5, 5.41) is 13.7. The Labute approximate surface area is 104 Å². The molecule has 2 rings (SSSR count). The van der Waals surface area contributed by atoms with Gasteiger partial charge >= 0.3 is 5.69 Å². The molecule has 0 aliphatic heterocycles. The number of rotatable bonds is 5. The zero-order valence-corrected chi connectivity index (χ0v) is 10.1. The van der Waals surface area contributed by atoms with Crippen LogP contribution in [0.2, 0.25) is 0 Å². The van der Waals surface area contributed by atoms with Crippen molar-refractivity contribution in [2.45, 2.75) is 31.9 Å². The predicted molar refractivity (Wildman–Crippen MR) is 64.2 cm³/mol. The van der Waals surface area contributed by atoms with Crippen molar-refractivity contribution in [3.05, 3.63) is 34.1 Å². The Hall–Kier alpha value is -1.69. The molecular formula is C12H15FN2O3. The molecule has 18 heavy (non-hydrogen) atoms. The molecule has 0 amide bonds. The standard InChI is InChI=1S/C12H15FN2O3/c1-2-14-8-5-10(6-8)18-9-3-4-12(15(16)17)11(13)7-9/h3-4,7-8,10,14H,2,5-6H2,1H3. The Morgan fingerprint density at radius 1 is 1.56 bits per heavy atom. The maximum absolute atomic E-state index is 13.3. The van der Waals surface area contributed by atoms with Crippen molar-refractivity contribution in [2.24, 2.45) is 0 Å². The van der Waals surface area contributed by atoms with Crippen molar-refractivity contribution in [2.75, 3.05) is 6.54 Å². The third-order valence-corrected chi connectivity index (χ3v) is 3.01. The second-order valence-corrected chi connectivity index (χ2v) is 4.34. The lowest BCUT2D eigenvalue weighted by Crippen LogP contribution is -2.46. The Bertz CT molecular complexity index is 447. The first-order chi connectivity index (χ1) is 8.60. The Balaban J connectivity index is 1.92. The van der Waals surface area contributed by atoms with E-state index in [0.29, 0.717) is 11.8 Å². The van der Waals surface area contributed by atoms with Crippen LogP contribution in [0.3, 0.4) is 0 Å². The lowest BCUT2D eigenvalue weighted by molar-refractivity contribution is -0.387. The van der Waals surface area contributed by atoms with Crippen LogP contribution < -0.4 is 10.1 Å². The number of nitrogens with one attached hydrogen (secondary N) is 1. The van der Waals surface area contributed by atoms with Crippen LogP contribution in [-0.4, -0.2) is 23.6 Å². The second kappa shape index (κ2) is 5.30. The molecule has 0 atom stereocenters.